The lowest BCUT2D eigenvalue weighted by Gasteiger charge is -2.44. The Bertz CT molecular complexity index is 195. The average molecular weight is 198 g/mol. The van der Waals surface area contributed by atoms with E-state index in [1.54, 1.807) is 0 Å². The van der Waals surface area contributed by atoms with E-state index in [1.165, 1.54) is 0 Å². The molecular formula is C12H22O2. The van der Waals surface area contributed by atoms with E-state index in [-0.39, 0.29) is 17.1 Å². The van der Waals surface area contributed by atoms with Crippen LogP contribution in [0.25, 0.3) is 0 Å². The van der Waals surface area contributed by atoms with Gasteiger partial charge in [0.2, 0.25) is 0 Å². The summed E-state index contributed by atoms with van der Waals surface area (Å²) in [5.74, 6) is 0. The lowest BCUT2D eigenvalue weighted by atomic mass is 9.74. The molecule has 0 spiro atoms. The van der Waals surface area contributed by atoms with Crippen molar-refractivity contribution >= 4 is 0 Å². The first kappa shape index (κ1) is 11.7. The molecule has 2 atom stereocenters. The van der Waals surface area contributed by atoms with Gasteiger partial charge in [-0.1, -0.05) is 26.8 Å². The third-order valence-corrected chi connectivity index (χ3v) is 3.33. The van der Waals surface area contributed by atoms with E-state index in [0.717, 1.165) is 19.3 Å². The molecule has 82 valence electrons. The molecule has 0 aromatic rings. The van der Waals surface area contributed by atoms with Gasteiger partial charge in [-0.2, -0.15) is 0 Å². The van der Waals surface area contributed by atoms with Crippen molar-refractivity contribution in [1.82, 2.24) is 0 Å². The maximum atomic E-state index is 5.55. The molecule has 1 heterocycles. The average Bonchev–Trinajstić information content (AvgIpc) is 2.08. The van der Waals surface area contributed by atoms with Crippen LogP contribution < -0.4 is 0 Å². The zero-order valence-electron chi connectivity index (χ0n) is 9.80. The summed E-state index contributed by atoms with van der Waals surface area (Å²) in [5, 5.41) is 0. The normalized spacial score (nSPS) is 34.1. The fourth-order valence-corrected chi connectivity index (χ4v) is 1.54. The van der Waals surface area contributed by atoms with Crippen LogP contribution in [0.1, 0.15) is 47.0 Å². The van der Waals surface area contributed by atoms with Crippen molar-refractivity contribution in [3.05, 3.63) is 12.7 Å². The van der Waals surface area contributed by atoms with Crippen molar-refractivity contribution in [1.29, 1.82) is 0 Å². The molecule has 0 radical (unpaired) electrons. The van der Waals surface area contributed by atoms with Crippen LogP contribution in [0.15, 0.2) is 12.7 Å². The van der Waals surface area contributed by atoms with E-state index >= 15 is 0 Å². The summed E-state index contributed by atoms with van der Waals surface area (Å²) in [6.45, 7) is 12.4. The van der Waals surface area contributed by atoms with Gasteiger partial charge in [0.05, 0.1) is 6.10 Å². The molecular weight excluding hydrogens is 176 g/mol. The zero-order chi connectivity index (χ0) is 10.8. The minimum Gasteiger partial charge on any atom is -0.232 e. The zero-order valence-corrected chi connectivity index (χ0v) is 9.80. The van der Waals surface area contributed by atoms with Crippen molar-refractivity contribution in [3.8, 4) is 0 Å². The van der Waals surface area contributed by atoms with Crippen molar-refractivity contribution in [2.24, 2.45) is 5.41 Å². The molecule has 0 aliphatic carbocycles. The molecule has 2 unspecified atom stereocenters. The first-order valence-corrected chi connectivity index (χ1v) is 5.34. The van der Waals surface area contributed by atoms with Crippen LogP contribution in [0, 0.1) is 5.41 Å². The van der Waals surface area contributed by atoms with Gasteiger partial charge in [0.15, 0.2) is 0 Å². The van der Waals surface area contributed by atoms with Gasteiger partial charge in [0.25, 0.3) is 0 Å². The molecule has 0 bridgehead atoms. The Morgan fingerprint density at radius 3 is 2.50 bits per heavy atom. The van der Waals surface area contributed by atoms with Gasteiger partial charge in [-0.3, -0.25) is 0 Å². The Morgan fingerprint density at radius 2 is 2.14 bits per heavy atom. The van der Waals surface area contributed by atoms with Gasteiger partial charge in [-0.05, 0) is 31.6 Å². The third kappa shape index (κ3) is 2.37. The second-order valence-electron chi connectivity index (χ2n) is 5.35. The monoisotopic (exact) mass is 198 g/mol. The van der Waals surface area contributed by atoms with E-state index in [0.29, 0.717) is 0 Å². The van der Waals surface area contributed by atoms with Crippen LogP contribution in [0.4, 0.5) is 0 Å². The van der Waals surface area contributed by atoms with Gasteiger partial charge in [-0.15, -0.1) is 6.58 Å². The molecule has 2 nitrogen and oxygen atoms in total. The van der Waals surface area contributed by atoms with Crippen LogP contribution in [0.5, 0.6) is 0 Å². The highest BCUT2D eigenvalue weighted by atomic mass is 17.2. The van der Waals surface area contributed by atoms with E-state index in [1.807, 2.05) is 6.08 Å². The van der Waals surface area contributed by atoms with Crippen LogP contribution in [-0.2, 0) is 9.78 Å². The van der Waals surface area contributed by atoms with Gasteiger partial charge in [0.1, 0.15) is 5.60 Å². The van der Waals surface area contributed by atoms with E-state index in [2.05, 4.69) is 34.3 Å². The summed E-state index contributed by atoms with van der Waals surface area (Å²) in [4.78, 5) is 10.9. The summed E-state index contributed by atoms with van der Waals surface area (Å²) in [6.07, 6.45) is 5.06. The maximum absolute atomic E-state index is 5.55. The predicted octanol–water partition coefficient (Wildman–Crippen LogP) is 3.48. The Morgan fingerprint density at radius 1 is 1.50 bits per heavy atom. The van der Waals surface area contributed by atoms with Crippen LogP contribution in [0.3, 0.4) is 0 Å². The molecule has 1 aliphatic rings. The molecule has 0 N–H and O–H groups in total. The van der Waals surface area contributed by atoms with Gasteiger partial charge in [0, 0.05) is 0 Å². The summed E-state index contributed by atoms with van der Waals surface area (Å²) in [7, 11) is 0. The quantitative estimate of drug-likeness (QED) is 0.499. The molecule has 1 rings (SSSR count). The van der Waals surface area contributed by atoms with Gasteiger partial charge in [-0.25, -0.2) is 9.78 Å². The van der Waals surface area contributed by atoms with Crippen molar-refractivity contribution < 1.29 is 9.78 Å². The standard InChI is InChI=1S/C12H22O2/c1-6-7-10-8-9-12(5,14-13-10)11(2,3)4/h6,10H,1,7-9H2,2-5H3. The number of hydrogen-bond acceptors (Lipinski definition) is 2. The van der Waals surface area contributed by atoms with Crippen LogP contribution in [-0.4, -0.2) is 11.7 Å². The minimum atomic E-state index is -0.162. The molecule has 1 fully saturated rings. The number of rotatable bonds is 2. The summed E-state index contributed by atoms with van der Waals surface area (Å²) >= 11 is 0. The number of hydrogen-bond donors (Lipinski definition) is 0. The molecule has 0 amide bonds. The largest absolute Gasteiger partial charge is 0.232 e. The molecule has 1 aliphatic heterocycles. The Kier molecular flexibility index (Phi) is 3.38. The molecule has 0 aromatic carbocycles. The fraction of sp³-hybridized carbons (Fsp3) is 0.833. The van der Waals surface area contributed by atoms with Crippen LogP contribution >= 0.6 is 0 Å². The summed E-state index contributed by atoms with van der Waals surface area (Å²) in [5.41, 5.74) is -0.0448. The van der Waals surface area contributed by atoms with Gasteiger partial charge >= 0.3 is 0 Å². The van der Waals surface area contributed by atoms with Gasteiger partial charge < -0.3 is 0 Å². The van der Waals surface area contributed by atoms with Crippen LogP contribution in [0.2, 0.25) is 0 Å². The highest BCUT2D eigenvalue weighted by Gasteiger charge is 2.43. The summed E-state index contributed by atoms with van der Waals surface area (Å²) < 4.78 is 0. The van der Waals surface area contributed by atoms with E-state index in [9.17, 15) is 0 Å². The highest BCUT2D eigenvalue weighted by Crippen LogP contribution is 2.41. The van der Waals surface area contributed by atoms with E-state index in [4.69, 9.17) is 9.78 Å². The minimum absolute atomic E-state index is 0.117. The molecule has 0 aromatic heterocycles. The Labute approximate surface area is 87.2 Å². The highest BCUT2D eigenvalue weighted by molar-refractivity contribution is 4.90. The fourth-order valence-electron chi connectivity index (χ4n) is 1.54. The topological polar surface area (TPSA) is 18.5 Å². The second kappa shape index (κ2) is 4.03. The van der Waals surface area contributed by atoms with Crippen molar-refractivity contribution in [2.45, 2.75) is 58.7 Å². The first-order valence-electron chi connectivity index (χ1n) is 5.34. The molecule has 0 saturated carbocycles. The predicted molar refractivity (Wildman–Crippen MR) is 57.9 cm³/mol. The third-order valence-electron chi connectivity index (χ3n) is 3.33. The first-order chi connectivity index (χ1) is 6.39. The lowest BCUT2D eigenvalue weighted by molar-refractivity contribution is -0.422. The molecule has 2 heteroatoms. The maximum Gasteiger partial charge on any atom is 0.106 e. The van der Waals surface area contributed by atoms with E-state index < -0.39 is 0 Å². The molecule has 14 heavy (non-hydrogen) atoms. The smallest absolute Gasteiger partial charge is 0.106 e. The summed E-state index contributed by atoms with van der Waals surface area (Å²) in [6, 6.07) is 0. The lowest BCUT2D eigenvalue weighted by Crippen LogP contribution is -2.47. The van der Waals surface area contributed by atoms with Crippen molar-refractivity contribution in [3.63, 3.8) is 0 Å². The Hall–Kier alpha value is -0.340. The Balaban J connectivity index is 2.53. The second-order valence-corrected chi connectivity index (χ2v) is 5.35. The molecule has 1 saturated heterocycles. The SMILES string of the molecule is C=CCC1CCC(C)(C(C)(C)C)OO1. The van der Waals surface area contributed by atoms with Crippen molar-refractivity contribution in [2.75, 3.05) is 0 Å².